The molecule has 0 saturated carbocycles. The first-order valence-electron chi connectivity index (χ1n) is 8.41. The lowest BCUT2D eigenvalue weighted by molar-refractivity contribution is 0.0763. The van der Waals surface area contributed by atoms with Gasteiger partial charge < -0.3 is 9.47 Å². The molecule has 2 aromatic rings. The second-order valence-corrected chi connectivity index (χ2v) is 8.17. The zero-order chi connectivity index (χ0) is 18.7. The SMILES string of the molecule is Cn1cc(C(=O)N2CCCN(S(=O)(=O)c3ccccc3)CC2)ccc1=O. The van der Waals surface area contributed by atoms with E-state index in [0.29, 0.717) is 31.6 Å². The van der Waals surface area contributed by atoms with Crippen LogP contribution in [0.3, 0.4) is 0 Å². The highest BCUT2D eigenvalue weighted by Crippen LogP contribution is 2.18. The molecule has 26 heavy (non-hydrogen) atoms. The van der Waals surface area contributed by atoms with E-state index in [2.05, 4.69) is 0 Å². The number of amides is 1. The summed E-state index contributed by atoms with van der Waals surface area (Å²) in [6.07, 6.45) is 2.07. The molecule has 1 amide bonds. The summed E-state index contributed by atoms with van der Waals surface area (Å²) in [6, 6.07) is 11.2. The molecule has 2 heterocycles. The van der Waals surface area contributed by atoms with Crippen molar-refractivity contribution in [3.63, 3.8) is 0 Å². The van der Waals surface area contributed by atoms with Crippen LogP contribution in [-0.4, -0.2) is 54.3 Å². The lowest BCUT2D eigenvalue weighted by Gasteiger charge is -2.22. The van der Waals surface area contributed by atoms with Gasteiger partial charge in [-0.25, -0.2) is 8.42 Å². The summed E-state index contributed by atoms with van der Waals surface area (Å²) in [4.78, 5) is 26.1. The summed E-state index contributed by atoms with van der Waals surface area (Å²) in [7, 11) is -1.97. The van der Waals surface area contributed by atoms with Gasteiger partial charge in [0, 0.05) is 45.5 Å². The summed E-state index contributed by atoms with van der Waals surface area (Å²) in [5.41, 5.74) is 0.240. The van der Waals surface area contributed by atoms with Crippen LogP contribution in [0.15, 0.2) is 58.4 Å². The van der Waals surface area contributed by atoms with Crippen LogP contribution >= 0.6 is 0 Å². The van der Waals surface area contributed by atoms with Crippen LogP contribution in [0.4, 0.5) is 0 Å². The molecule has 8 heteroatoms. The lowest BCUT2D eigenvalue weighted by atomic mass is 10.2. The number of sulfonamides is 1. The molecule has 0 atom stereocenters. The normalized spacial score (nSPS) is 16.3. The van der Waals surface area contributed by atoms with Crippen LogP contribution in [-0.2, 0) is 17.1 Å². The van der Waals surface area contributed by atoms with E-state index in [1.807, 2.05) is 0 Å². The van der Waals surface area contributed by atoms with Gasteiger partial charge in [-0.2, -0.15) is 4.31 Å². The molecule has 0 aliphatic carbocycles. The summed E-state index contributed by atoms with van der Waals surface area (Å²) in [5.74, 6) is -0.195. The van der Waals surface area contributed by atoms with Gasteiger partial charge in [0.2, 0.25) is 15.6 Å². The van der Waals surface area contributed by atoms with Crippen molar-refractivity contribution in [2.45, 2.75) is 11.3 Å². The molecule has 138 valence electrons. The number of hydrogen-bond donors (Lipinski definition) is 0. The van der Waals surface area contributed by atoms with Gasteiger partial charge in [0.05, 0.1) is 10.5 Å². The van der Waals surface area contributed by atoms with Gasteiger partial charge in [-0.15, -0.1) is 0 Å². The van der Waals surface area contributed by atoms with E-state index in [4.69, 9.17) is 0 Å². The van der Waals surface area contributed by atoms with Crippen molar-refractivity contribution in [1.29, 1.82) is 0 Å². The zero-order valence-electron chi connectivity index (χ0n) is 14.5. The van der Waals surface area contributed by atoms with Crippen molar-refractivity contribution in [1.82, 2.24) is 13.8 Å². The topological polar surface area (TPSA) is 79.7 Å². The van der Waals surface area contributed by atoms with Crippen LogP contribution < -0.4 is 5.56 Å². The van der Waals surface area contributed by atoms with Crippen molar-refractivity contribution < 1.29 is 13.2 Å². The van der Waals surface area contributed by atoms with Crippen molar-refractivity contribution in [2.75, 3.05) is 26.2 Å². The summed E-state index contributed by atoms with van der Waals surface area (Å²) in [6.45, 7) is 1.40. The van der Waals surface area contributed by atoms with E-state index in [1.165, 1.54) is 27.2 Å². The third-order valence-corrected chi connectivity index (χ3v) is 6.37. The van der Waals surface area contributed by atoms with Gasteiger partial charge in [-0.1, -0.05) is 18.2 Å². The molecule has 1 aliphatic heterocycles. The third kappa shape index (κ3) is 3.71. The minimum Gasteiger partial charge on any atom is -0.337 e. The van der Waals surface area contributed by atoms with E-state index in [9.17, 15) is 18.0 Å². The molecule has 0 spiro atoms. The number of rotatable bonds is 3. The predicted octanol–water partition coefficient (Wildman–Crippen LogP) is 0.922. The number of pyridine rings is 1. The molecule has 1 saturated heterocycles. The average Bonchev–Trinajstić information content (AvgIpc) is 2.91. The second kappa shape index (κ2) is 7.43. The third-order valence-electron chi connectivity index (χ3n) is 4.46. The fourth-order valence-electron chi connectivity index (χ4n) is 2.98. The molecular weight excluding hydrogens is 354 g/mol. The quantitative estimate of drug-likeness (QED) is 0.799. The maximum absolute atomic E-state index is 12.8. The summed E-state index contributed by atoms with van der Waals surface area (Å²) >= 11 is 0. The summed E-state index contributed by atoms with van der Waals surface area (Å²) in [5, 5.41) is 0. The number of carbonyl (C=O) groups is 1. The smallest absolute Gasteiger partial charge is 0.255 e. The first-order valence-corrected chi connectivity index (χ1v) is 9.85. The number of benzene rings is 1. The van der Waals surface area contributed by atoms with Gasteiger partial charge in [-0.05, 0) is 24.6 Å². The molecule has 1 aromatic carbocycles. The van der Waals surface area contributed by atoms with Crippen LogP contribution in [0.2, 0.25) is 0 Å². The largest absolute Gasteiger partial charge is 0.337 e. The molecule has 0 radical (unpaired) electrons. The maximum Gasteiger partial charge on any atom is 0.255 e. The predicted molar refractivity (Wildman–Crippen MR) is 97.4 cm³/mol. The summed E-state index contributed by atoms with van der Waals surface area (Å²) < 4.78 is 28.3. The molecule has 1 fully saturated rings. The molecule has 1 aromatic heterocycles. The van der Waals surface area contributed by atoms with Gasteiger partial charge in [-0.3, -0.25) is 9.59 Å². The molecule has 3 rings (SSSR count). The Kier molecular flexibility index (Phi) is 5.24. The Balaban J connectivity index is 1.75. The number of hydrogen-bond acceptors (Lipinski definition) is 4. The first kappa shape index (κ1) is 18.3. The van der Waals surface area contributed by atoms with Crippen molar-refractivity contribution in [2.24, 2.45) is 7.05 Å². The van der Waals surface area contributed by atoms with E-state index >= 15 is 0 Å². The maximum atomic E-state index is 12.8. The van der Waals surface area contributed by atoms with E-state index < -0.39 is 10.0 Å². The molecular formula is C18H21N3O4S. The van der Waals surface area contributed by atoms with Gasteiger partial charge in [0.1, 0.15) is 0 Å². The molecule has 0 unspecified atom stereocenters. The fraction of sp³-hybridized carbons (Fsp3) is 0.333. The average molecular weight is 375 g/mol. The molecule has 0 N–H and O–H groups in total. The monoisotopic (exact) mass is 375 g/mol. The Hall–Kier alpha value is -2.45. The minimum absolute atomic E-state index is 0.183. The van der Waals surface area contributed by atoms with Crippen molar-refractivity contribution in [3.05, 3.63) is 64.6 Å². The van der Waals surface area contributed by atoms with E-state index in [1.54, 1.807) is 42.3 Å². The molecule has 1 aliphatic rings. The lowest BCUT2D eigenvalue weighted by Crippen LogP contribution is -2.37. The zero-order valence-corrected chi connectivity index (χ0v) is 15.4. The van der Waals surface area contributed by atoms with Crippen LogP contribution in [0.1, 0.15) is 16.8 Å². The van der Waals surface area contributed by atoms with Crippen LogP contribution in [0.25, 0.3) is 0 Å². The minimum atomic E-state index is -3.56. The van der Waals surface area contributed by atoms with Gasteiger partial charge in [0.25, 0.3) is 5.91 Å². The fourth-order valence-corrected chi connectivity index (χ4v) is 4.47. The Labute approximate surface area is 152 Å². The number of aromatic nitrogens is 1. The Morgan fingerprint density at radius 2 is 1.69 bits per heavy atom. The Morgan fingerprint density at radius 1 is 0.962 bits per heavy atom. The number of carbonyl (C=O) groups excluding carboxylic acids is 1. The highest BCUT2D eigenvalue weighted by molar-refractivity contribution is 7.89. The second-order valence-electron chi connectivity index (χ2n) is 6.23. The highest BCUT2D eigenvalue weighted by atomic mass is 32.2. The number of nitrogens with zero attached hydrogens (tertiary/aromatic N) is 3. The van der Waals surface area contributed by atoms with Gasteiger partial charge >= 0.3 is 0 Å². The van der Waals surface area contributed by atoms with Gasteiger partial charge in [0.15, 0.2) is 0 Å². The first-order chi connectivity index (χ1) is 12.4. The van der Waals surface area contributed by atoms with E-state index in [-0.39, 0.29) is 22.9 Å². The Bertz CT molecular complexity index is 954. The Morgan fingerprint density at radius 3 is 2.38 bits per heavy atom. The highest BCUT2D eigenvalue weighted by Gasteiger charge is 2.28. The molecule has 0 bridgehead atoms. The molecule has 7 nitrogen and oxygen atoms in total. The van der Waals surface area contributed by atoms with Crippen molar-refractivity contribution in [3.8, 4) is 0 Å². The van der Waals surface area contributed by atoms with Crippen LogP contribution in [0, 0.1) is 0 Å². The van der Waals surface area contributed by atoms with Crippen molar-refractivity contribution >= 4 is 15.9 Å². The van der Waals surface area contributed by atoms with Crippen LogP contribution in [0.5, 0.6) is 0 Å². The standard InChI is InChI=1S/C18H21N3O4S/c1-19-14-15(8-9-17(19)22)18(23)20-10-5-11-21(13-12-20)26(24,25)16-6-3-2-4-7-16/h2-4,6-9,14H,5,10-13H2,1H3. The van der Waals surface area contributed by atoms with E-state index in [0.717, 1.165) is 0 Å². The number of aryl methyl sites for hydroxylation is 1.